The molecule has 2 rings (SSSR count). The minimum atomic E-state index is 0.623. The number of halogens is 1. The summed E-state index contributed by atoms with van der Waals surface area (Å²) in [4.78, 5) is 0. The normalized spacial score (nSPS) is 10.4. The third-order valence-electron chi connectivity index (χ3n) is 2.16. The highest BCUT2D eigenvalue weighted by Crippen LogP contribution is 2.17. The van der Waals surface area contributed by atoms with E-state index in [-0.39, 0.29) is 0 Å². The van der Waals surface area contributed by atoms with Gasteiger partial charge in [-0.1, -0.05) is 22.0 Å². The van der Waals surface area contributed by atoms with Gasteiger partial charge >= 0.3 is 0 Å². The number of benzene rings is 1. The van der Waals surface area contributed by atoms with Crippen LogP contribution in [0.1, 0.15) is 5.69 Å². The van der Waals surface area contributed by atoms with Crippen LogP contribution in [0, 0.1) is 6.92 Å². The molecule has 16 heavy (non-hydrogen) atoms. The number of ether oxygens (including phenoxy) is 1. The molecule has 0 spiro atoms. The Labute approximate surface area is 103 Å². The largest absolute Gasteiger partial charge is 0.492 e. The molecule has 1 aromatic carbocycles. The standard InChI is InChI=1S/C12H13BrN2O/c1-10-5-6-15(14-10)7-8-16-12-4-2-3-11(13)9-12/h2-6,9H,7-8H2,1H3. The zero-order valence-electron chi connectivity index (χ0n) is 9.06. The molecule has 3 nitrogen and oxygen atoms in total. The van der Waals surface area contributed by atoms with Crippen LogP contribution in [0.25, 0.3) is 0 Å². The molecule has 0 aliphatic heterocycles. The van der Waals surface area contributed by atoms with Crippen LogP contribution in [0.2, 0.25) is 0 Å². The maximum absolute atomic E-state index is 5.61. The number of nitrogens with zero attached hydrogens (tertiary/aromatic N) is 2. The fourth-order valence-corrected chi connectivity index (χ4v) is 1.78. The van der Waals surface area contributed by atoms with Crippen molar-refractivity contribution in [3.05, 3.63) is 46.7 Å². The topological polar surface area (TPSA) is 27.1 Å². The number of aryl methyl sites for hydroxylation is 1. The molecule has 0 N–H and O–H groups in total. The third-order valence-corrected chi connectivity index (χ3v) is 2.65. The Bertz CT molecular complexity index is 468. The quantitative estimate of drug-likeness (QED) is 0.861. The summed E-state index contributed by atoms with van der Waals surface area (Å²) in [6.07, 6.45) is 1.96. The maximum Gasteiger partial charge on any atom is 0.120 e. The molecule has 0 unspecified atom stereocenters. The van der Waals surface area contributed by atoms with Crippen LogP contribution in [-0.2, 0) is 6.54 Å². The summed E-state index contributed by atoms with van der Waals surface area (Å²) >= 11 is 3.40. The monoisotopic (exact) mass is 280 g/mol. The SMILES string of the molecule is Cc1ccn(CCOc2cccc(Br)c2)n1. The molecule has 2 aromatic rings. The molecule has 1 aromatic heterocycles. The second kappa shape index (κ2) is 5.16. The van der Waals surface area contributed by atoms with E-state index in [1.807, 2.05) is 48.1 Å². The first kappa shape index (κ1) is 11.2. The highest BCUT2D eigenvalue weighted by molar-refractivity contribution is 9.10. The summed E-state index contributed by atoms with van der Waals surface area (Å²) < 4.78 is 8.52. The van der Waals surface area contributed by atoms with E-state index in [1.165, 1.54) is 0 Å². The predicted molar refractivity (Wildman–Crippen MR) is 66.6 cm³/mol. The Morgan fingerprint density at radius 1 is 1.38 bits per heavy atom. The minimum Gasteiger partial charge on any atom is -0.492 e. The average Bonchev–Trinajstić information content (AvgIpc) is 2.64. The summed E-state index contributed by atoms with van der Waals surface area (Å²) in [5.74, 6) is 0.873. The Kier molecular flexibility index (Phi) is 3.62. The molecule has 0 atom stereocenters. The molecule has 84 valence electrons. The van der Waals surface area contributed by atoms with Gasteiger partial charge in [-0.25, -0.2) is 0 Å². The summed E-state index contributed by atoms with van der Waals surface area (Å²) in [6, 6.07) is 9.81. The summed E-state index contributed by atoms with van der Waals surface area (Å²) in [5, 5.41) is 4.29. The van der Waals surface area contributed by atoms with E-state index < -0.39 is 0 Å². The van der Waals surface area contributed by atoms with Gasteiger partial charge < -0.3 is 4.74 Å². The third kappa shape index (κ3) is 3.10. The van der Waals surface area contributed by atoms with Gasteiger partial charge in [0.25, 0.3) is 0 Å². The molecular formula is C12H13BrN2O. The van der Waals surface area contributed by atoms with Crippen LogP contribution in [0.15, 0.2) is 41.0 Å². The van der Waals surface area contributed by atoms with Crippen molar-refractivity contribution in [2.24, 2.45) is 0 Å². The van der Waals surface area contributed by atoms with Gasteiger partial charge in [0.15, 0.2) is 0 Å². The highest BCUT2D eigenvalue weighted by atomic mass is 79.9. The van der Waals surface area contributed by atoms with Gasteiger partial charge in [0.2, 0.25) is 0 Å². The molecule has 0 bridgehead atoms. The van der Waals surface area contributed by atoms with Crippen LogP contribution >= 0.6 is 15.9 Å². The number of hydrogen-bond acceptors (Lipinski definition) is 2. The molecule has 0 fully saturated rings. The second-order valence-corrected chi connectivity index (χ2v) is 4.44. The molecule has 0 aliphatic carbocycles. The molecular weight excluding hydrogens is 268 g/mol. The van der Waals surface area contributed by atoms with E-state index in [2.05, 4.69) is 21.0 Å². The van der Waals surface area contributed by atoms with Crippen LogP contribution < -0.4 is 4.74 Å². The van der Waals surface area contributed by atoms with E-state index in [4.69, 9.17) is 4.74 Å². The van der Waals surface area contributed by atoms with E-state index >= 15 is 0 Å². The Morgan fingerprint density at radius 3 is 2.94 bits per heavy atom. The predicted octanol–water partition coefficient (Wildman–Crippen LogP) is 3.03. The summed E-state index contributed by atoms with van der Waals surface area (Å²) in [5.41, 5.74) is 1.03. The summed E-state index contributed by atoms with van der Waals surface area (Å²) in [7, 11) is 0. The maximum atomic E-state index is 5.61. The lowest BCUT2D eigenvalue weighted by atomic mass is 10.3. The smallest absolute Gasteiger partial charge is 0.120 e. The van der Waals surface area contributed by atoms with E-state index in [9.17, 15) is 0 Å². The molecule has 0 saturated carbocycles. The van der Waals surface area contributed by atoms with Crippen molar-refractivity contribution < 1.29 is 4.74 Å². The number of hydrogen-bond donors (Lipinski definition) is 0. The Morgan fingerprint density at radius 2 is 2.25 bits per heavy atom. The molecule has 0 saturated heterocycles. The first-order valence-corrected chi connectivity index (χ1v) is 5.92. The van der Waals surface area contributed by atoms with Crippen molar-refractivity contribution >= 4 is 15.9 Å². The Balaban J connectivity index is 1.84. The van der Waals surface area contributed by atoms with Gasteiger partial charge in [-0.2, -0.15) is 5.10 Å². The van der Waals surface area contributed by atoms with Crippen molar-refractivity contribution in [1.82, 2.24) is 9.78 Å². The van der Waals surface area contributed by atoms with E-state index in [1.54, 1.807) is 0 Å². The van der Waals surface area contributed by atoms with Gasteiger partial charge in [0.1, 0.15) is 12.4 Å². The van der Waals surface area contributed by atoms with Crippen LogP contribution in [0.3, 0.4) is 0 Å². The highest BCUT2D eigenvalue weighted by Gasteiger charge is 1.96. The minimum absolute atomic E-state index is 0.623. The lowest BCUT2D eigenvalue weighted by Crippen LogP contribution is -2.08. The van der Waals surface area contributed by atoms with Gasteiger partial charge in [-0.3, -0.25) is 4.68 Å². The molecule has 1 heterocycles. The van der Waals surface area contributed by atoms with Gasteiger partial charge in [0.05, 0.1) is 12.2 Å². The number of aromatic nitrogens is 2. The fourth-order valence-electron chi connectivity index (χ4n) is 1.40. The number of rotatable bonds is 4. The zero-order valence-corrected chi connectivity index (χ0v) is 10.6. The van der Waals surface area contributed by atoms with E-state index in [0.717, 1.165) is 22.5 Å². The first-order chi connectivity index (χ1) is 7.74. The van der Waals surface area contributed by atoms with Crippen molar-refractivity contribution in [3.8, 4) is 5.75 Å². The van der Waals surface area contributed by atoms with Crippen LogP contribution in [-0.4, -0.2) is 16.4 Å². The lowest BCUT2D eigenvalue weighted by molar-refractivity contribution is 0.291. The van der Waals surface area contributed by atoms with Gasteiger partial charge in [-0.05, 0) is 31.2 Å². The second-order valence-electron chi connectivity index (χ2n) is 3.53. The van der Waals surface area contributed by atoms with Crippen LogP contribution in [0.5, 0.6) is 5.75 Å². The van der Waals surface area contributed by atoms with Crippen molar-refractivity contribution in [1.29, 1.82) is 0 Å². The zero-order chi connectivity index (χ0) is 11.4. The van der Waals surface area contributed by atoms with Crippen molar-refractivity contribution in [3.63, 3.8) is 0 Å². The van der Waals surface area contributed by atoms with Crippen molar-refractivity contribution in [2.75, 3.05) is 6.61 Å². The first-order valence-electron chi connectivity index (χ1n) is 5.12. The fraction of sp³-hybridized carbons (Fsp3) is 0.250. The Hall–Kier alpha value is -1.29. The van der Waals surface area contributed by atoms with Gasteiger partial charge in [-0.15, -0.1) is 0 Å². The van der Waals surface area contributed by atoms with E-state index in [0.29, 0.717) is 6.61 Å². The average molecular weight is 281 g/mol. The molecule has 0 aliphatic rings. The lowest BCUT2D eigenvalue weighted by Gasteiger charge is -2.06. The van der Waals surface area contributed by atoms with Crippen molar-refractivity contribution in [2.45, 2.75) is 13.5 Å². The van der Waals surface area contributed by atoms with Gasteiger partial charge in [0, 0.05) is 10.7 Å². The molecule has 0 radical (unpaired) electrons. The molecule has 4 heteroatoms. The van der Waals surface area contributed by atoms with Crippen LogP contribution in [0.4, 0.5) is 0 Å². The summed E-state index contributed by atoms with van der Waals surface area (Å²) in [6.45, 7) is 3.36. The molecule has 0 amide bonds.